The van der Waals surface area contributed by atoms with Crippen LogP contribution in [0.4, 0.5) is 8.78 Å². The Morgan fingerprint density at radius 1 is 1.31 bits per heavy atom. The van der Waals surface area contributed by atoms with Gasteiger partial charge in [0.05, 0.1) is 0 Å². The molecule has 88 valence electrons. The number of thioether (sulfide) groups is 2. The Balaban J connectivity index is 2.19. The van der Waals surface area contributed by atoms with Crippen LogP contribution in [0.2, 0.25) is 0 Å². The van der Waals surface area contributed by atoms with Gasteiger partial charge in [-0.1, -0.05) is 12.1 Å². The van der Waals surface area contributed by atoms with E-state index in [0.29, 0.717) is 5.56 Å². The summed E-state index contributed by atoms with van der Waals surface area (Å²) in [5.41, 5.74) is 6.29. The van der Waals surface area contributed by atoms with Crippen molar-refractivity contribution in [2.45, 2.75) is 11.3 Å². The van der Waals surface area contributed by atoms with Crippen molar-refractivity contribution in [3.63, 3.8) is 0 Å². The van der Waals surface area contributed by atoms with Gasteiger partial charge in [-0.05, 0) is 6.07 Å². The molecule has 1 aromatic carbocycles. The lowest BCUT2D eigenvalue weighted by Gasteiger charge is -2.27. The highest BCUT2D eigenvalue weighted by atomic mass is 32.2. The second kappa shape index (κ2) is 5.38. The lowest BCUT2D eigenvalue weighted by atomic mass is 10.0. The predicted octanol–water partition coefficient (Wildman–Crippen LogP) is 2.81. The zero-order valence-electron chi connectivity index (χ0n) is 8.66. The molecule has 2 N–H and O–H groups in total. The van der Waals surface area contributed by atoms with Crippen LogP contribution in [0.5, 0.6) is 0 Å². The van der Waals surface area contributed by atoms with Crippen molar-refractivity contribution in [1.29, 1.82) is 0 Å². The molecule has 16 heavy (non-hydrogen) atoms. The average Bonchev–Trinajstić information content (AvgIpc) is 2.33. The molecule has 2 rings (SSSR count). The van der Waals surface area contributed by atoms with Crippen LogP contribution in [0.15, 0.2) is 18.2 Å². The lowest BCUT2D eigenvalue weighted by Crippen LogP contribution is -2.29. The molecule has 1 aliphatic heterocycles. The molecule has 1 saturated heterocycles. The first-order chi connectivity index (χ1) is 7.70. The standard InChI is InChI=1S/C11H13F2NS2/c12-8-3-1-2-7(10(8)13)11(14)9-6-15-4-5-16-9/h1-3,9,11H,4-6,14H2. The Hall–Kier alpha value is -0.260. The smallest absolute Gasteiger partial charge is 0.163 e. The molecule has 0 radical (unpaired) electrons. The number of nitrogens with two attached hydrogens (primary N) is 1. The topological polar surface area (TPSA) is 26.0 Å². The fourth-order valence-corrected chi connectivity index (χ4v) is 4.48. The quantitative estimate of drug-likeness (QED) is 0.886. The molecule has 2 atom stereocenters. The van der Waals surface area contributed by atoms with Crippen molar-refractivity contribution in [2.24, 2.45) is 5.73 Å². The van der Waals surface area contributed by atoms with E-state index in [4.69, 9.17) is 5.73 Å². The maximum Gasteiger partial charge on any atom is 0.163 e. The fraction of sp³-hybridized carbons (Fsp3) is 0.455. The van der Waals surface area contributed by atoms with E-state index in [0.717, 1.165) is 23.3 Å². The molecule has 1 aromatic rings. The third-order valence-corrected chi connectivity index (χ3v) is 5.47. The summed E-state index contributed by atoms with van der Waals surface area (Å²) in [6, 6.07) is 3.78. The Bertz CT molecular complexity index is 367. The van der Waals surface area contributed by atoms with Crippen LogP contribution < -0.4 is 5.73 Å². The number of benzene rings is 1. The summed E-state index contributed by atoms with van der Waals surface area (Å²) >= 11 is 3.56. The lowest BCUT2D eigenvalue weighted by molar-refractivity contribution is 0.488. The van der Waals surface area contributed by atoms with Gasteiger partial charge in [0.25, 0.3) is 0 Å². The van der Waals surface area contributed by atoms with Crippen molar-refractivity contribution >= 4 is 23.5 Å². The van der Waals surface area contributed by atoms with Crippen LogP contribution in [0.25, 0.3) is 0 Å². The molecule has 0 bridgehead atoms. The zero-order valence-corrected chi connectivity index (χ0v) is 10.3. The zero-order chi connectivity index (χ0) is 11.5. The maximum absolute atomic E-state index is 13.5. The van der Waals surface area contributed by atoms with Crippen molar-refractivity contribution in [3.05, 3.63) is 35.4 Å². The summed E-state index contributed by atoms with van der Waals surface area (Å²) < 4.78 is 26.6. The average molecular weight is 261 g/mol. The van der Waals surface area contributed by atoms with E-state index in [1.807, 2.05) is 11.8 Å². The normalized spacial score (nSPS) is 23.1. The molecule has 0 aliphatic carbocycles. The number of rotatable bonds is 2. The summed E-state index contributed by atoms with van der Waals surface area (Å²) in [6.45, 7) is 0. The van der Waals surface area contributed by atoms with Gasteiger partial charge in [0.1, 0.15) is 0 Å². The van der Waals surface area contributed by atoms with Crippen LogP contribution in [0.1, 0.15) is 11.6 Å². The highest BCUT2D eigenvalue weighted by molar-refractivity contribution is 8.06. The minimum absolute atomic E-state index is 0.176. The van der Waals surface area contributed by atoms with Crippen LogP contribution in [-0.4, -0.2) is 22.5 Å². The third kappa shape index (κ3) is 2.52. The third-order valence-electron chi connectivity index (χ3n) is 2.58. The van der Waals surface area contributed by atoms with E-state index >= 15 is 0 Å². The molecule has 1 fully saturated rings. The van der Waals surface area contributed by atoms with Crippen LogP contribution in [0.3, 0.4) is 0 Å². The molecule has 0 spiro atoms. The van der Waals surface area contributed by atoms with Crippen molar-refractivity contribution in [3.8, 4) is 0 Å². The van der Waals surface area contributed by atoms with Gasteiger partial charge < -0.3 is 5.73 Å². The van der Waals surface area contributed by atoms with E-state index in [1.165, 1.54) is 6.07 Å². The minimum Gasteiger partial charge on any atom is -0.323 e. The summed E-state index contributed by atoms with van der Waals surface area (Å²) in [4.78, 5) is 0. The van der Waals surface area contributed by atoms with Gasteiger partial charge in [-0.2, -0.15) is 23.5 Å². The van der Waals surface area contributed by atoms with E-state index in [1.54, 1.807) is 17.8 Å². The van der Waals surface area contributed by atoms with Crippen molar-refractivity contribution in [1.82, 2.24) is 0 Å². The van der Waals surface area contributed by atoms with E-state index in [-0.39, 0.29) is 5.25 Å². The van der Waals surface area contributed by atoms with E-state index in [2.05, 4.69) is 0 Å². The van der Waals surface area contributed by atoms with Gasteiger partial charge in [-0.15, -0.1) is 0 Å². The number of hydrogen-bond donors (Lipinski definition) is 1. The molecule has 1 aliphatic rings. The molecule has 1 nitrogen and oxygen atoms in total. The predicted molar refractivity (Wildman–Crippen MR) is 66.9 cm³/mol. The first-order valence-corrected chi connectivity index (χ1v) is 7.29. The summed E-state index contributed by atoms with van der Waals surface area (Å²) in [7, 11) is 0. The molecular weight excluding hydrogens is 248 g/mol. The van der Waals surface area contributed by atoms with Gasteiger partial charge in [0.2, 0.25) is 0 Å². The Morgan fingerprint density at radius 3 is 2.81 bits per heavy atom. The van der Waals surface area contributed by atoms with Gasteiger partial charge in [-0.25, -0.2) is 8.78 Å². The molecular formula is C11H13F2NS2. The first kappa shape index (κ1) is 12.2. The summed E-state index contributed by atoms with van der Waals surface area (Å²) in [6.07, 6.45) is 0. The molecule has 2 unspecified atom stereocenters. The van der Waals surface area contributed by atoms with Gasteiger partial charge in [0, 0.05) is 34.1 Å². The molecule has 0 amide bonds. The minimum atomic E-state index is -0.818. The number of halogens is 2. The van der Waals surface area contributed by atoms with Gasteiger partial charge in [0.15, 0.2) is 11.6 Å². The molecule has 0 aromatic heterocycles. The van der Waals surface area contributed by atoms with Crippen LogP contribution in [-0.2, 0) is 0 Å². The Kier molecular flexibility index (Phi) is 4.10. The second-order valence-electron chi connectivity index (χ2n) is 3.65. The monoisotopic (exact) mass is 261 g/mol. The van der Waals surface area contributed by atoms with E-state index in [9.17, 15) is 8.78 Å². The first-order valence-electron chi connectivity index (χ1n) is 5.09. The maximum atomic E-state index is 13.5. The highest BCUT2D eigenvalue weighted by Crippen LogP contribution is 2.33. The van der Waals surface area contributed by atoms with E-state index < -0.39 is 17.7 Å². The largest absolute Gasteiger partial charge is 0.323 e. The highest BCUT2D eigenvalue weighted by Gasteiger charge is 2.25. The van der Waals surface area contributed by atoms with Gasteiger partial charge >= 0.3 is 0 Å². The van der Waals surface area contributed by atoms with Gasteiger partial charge in [-0.3, -0.25) is 0 Å². The van der Waals surface area contributed by atoms with Crippen LogP contribution in [0, 0.1) is 11.6 Å². The molecule has 5 heteroatoms. The molecule has 0 saturated carbocycles. The summed E-state index contributed by atoms with van der Waals surface area (Å²) in [5.74, 6) is 1.42. The van der Waals surface area contributed by atoms with Crippen molar-refractivity contribution in [2.75, 3.05) is 17.3 Å². The molecule has 1 heterocycles. The Morgan fingerprint density at radius 2 is 2.12 bits per heavy atom. The SMILES string of the molecule is NC(c1cccc(F)c1F)C1CSCCS1. The van der Waals surface area contributed by atoms with Crippen LogP contribution >= 0.6 is 23.5 Å². The van der Waals surface area contributed by atoms with Crippen molar-refractivity contribution < 1.29 is 8.78 Å². The Labute approximate surface area is 102 Å². The number of hydrogen-bond acceptors (Lipinski definition) is 3. The summed E-state index contributed by atoms with van der Waals surface area (Å²) in [5, 5.41) is 0.176. The fourth-order valence-electron chi connectivity index (χ4n) is 1.69. The second-order valence-corrected chi connectivity index (χ2v) is 6.15.